The fourth-order valence-corrected chi connectivity index (χ4v) is 2.68. The summed E-state index contributed by atoms with van der Waals surface area (Å²) in [5.41, 5.74) is 0.710. The SMILES string of the molecule is O=C(O)c1ccnc(CNC(=O)C2CSCCN2)c1. The van der Waals surface area contributed by atoms with Gasteiger partial charge >= 0.3 is 5.97 Å². The van der Waals surface area contributed by atoms with E-state index in [1.807, 2.05) is 0 Å². The first kappa shape index (κ1) is 13.8. The van der Waals surface area contributed by atoms with Gasteiger partial charge in [0.2, 0.25) is 5.91 Å². The van der Waals surface area contributed by atoms with E-state index in [2.05, 4.69) is 15.6 Å². The van der Waals surface area contributed by atoms with Gasteiger partial charge in [-0.05, 0) is 12.1 Å². The van der Waals surface area contributed by atoms with Crippen LogP contribution in [0.5, 0.6) is 0 Å². The first-order valence-corrected chi connectivity index (χ1v) is 7.09. The van der Waals surface area contributed by atoms with Crippen LogP contribution in [0.3, 0.4) is 0 Å². The number of rotatable bonds is 4. The Morgan fingerprint density at radius 2 is 2.42 bits per heavy atom. The molecule has 2 heterocycles. The van der Waals surface area contributed by atoms with Crippen LogP contribution in [0.4, 0.5) is 0 Å². The predicted molar refractivity (Wildman–Crippen MR) is 72.2 cm³/mol. The van der Waals surface area contributed by atoms with Gasteiger partial charge in [0.15, 0.2) is 0 Å². The van der Waals surface area contributed by atoms with Gasteiger partial charge in [0.25, 0.3) is 0 Å². The Bertz CT molecular complexity index is 475. The number of aromatic nitrogens is 1. The topological polar surface area (TPSA) is 91.3 Å². The Balaban J connectivity index is 1.89. The van der Waals surface area contributed by atoms with E-state index in [4.69, 9.17) is 5.11 Å². The van der Waals surface area contributed by atoms with Crippen LogP contribution >= 0.6 is 11.8 Å². The van der Waals surface area contributed by atoms with Crippen molar-refractivity contribution in [2.75, 3.05) is 18.1 Å². The van der Waals surface area contributed by atoms with Crippen LogP contribution in [0.15, 0.2) is 18.3 Å². The molecule has 7 heteroatoms. The normalized spacial score (nSPS) is 18.8. The molecule has 1 saturated heterocycles. The number of carbonyl (C=O) groups excluding carboxylic acids is 1. The number of hydrogen-bond acceptors (Lipinski definition) is 5. The molecule has 0 spiro atoms. The van der Waals surface area contributed by atoms with Crippen molar-refractivity contribution in [3.05, 3.63) is 29.6 Å². The fraction of sp³-hybridized carbons (Fsp3) is 0.417. The van der Waals surface area contributed by atoms with E-state index in [0.29, 0.717) is 5.69 Å². The Labute approximate surface area is 115 Å². The third kappa shape index (κ3) is 3.93. The molecule has 0 bridgehead atoms. The standard InChI is InChI=1S/C12H15N3O3S/c16-11(10-7-19-4-3-14-10)15-6-9-5-8(12(17)18)1-2-13-9/h1-2,5,10,14H,3-4,6-7H2,(H,15,16)(H,17,18). The number of amides is 1. The second-order valence-corrected chi connectivity index (χ2v) is 5.29. The van der Waals surface area contributed by atoms with Crippen LogP contribution in [0.1, 0.15) is 16.1 Å². The van der Waals surface area contributed by atoms with Crippen molar-refractivity contribution in [1.29, 1.82) is 0 Å². The van der Waals surface area contributed by atoms with Gasteiger partial charge in [-0.25, -0.2) is 4.79 Å². The number of carboxylic acids is 1. The molecule has 1 aromatic rings. The van der Waals surface area contributed by atoms with Gasteiger partial charge in [0.05, 0.1) is 23.8 Å². The minimum Gasteiger partial charge on any atom is -0.478 e. The van der Waals surface area contributed by atoms with E-state index >= 15 is 0 Å². The molecule has 19 heavy (non-hydrogen) atoms. The lowest BCUT2D eigenvalue weighted by atomic mass is 10.2. The highest BCUT2D eigenvalue weighted by Crippen LogP contribution is 2.08. The minimum atomic E-state index is -1.000. The zero-order chi connectivity index (χ0) is 13.7. The molecule has 1 unspecified atom stereocenters. The zero-order valence-electron chi connectivity index (χ0n) is 10.3. The highest BCUT2D eigenvalue weighted by molar-refractivity contribution is 7.99. The summed E-state index contributed by atoms with van der Waals surface area (Å²) in [6.07, 6.45) is 1.43. The summed E-state index contributed by atoms with van der Waals surface area (Å²) < 4.78 is 0. The van der Waals surface area contributed by atoms with E-state index in [1.165, 1.54) is 18.3 Å². The molecule has 102 valence electrons. The van der Waals surface area contributed by atoms with Crippen molar-refractivity contribution >= 4 is 23.6 Å². The number of hydrogen-bond donors (Lipinski definition) is 3. The predicted octanol–water partition coefficient (Wildman–Crippen LogP) is 0.101. The van der Waals surface area contributed by atoms with Crippen molar-refractivity contribution < 1.29 is 14.7 Å². The molecule has 3 N–H and O–H groups in total. The van der Waals surface area contributed by atoms with Gasteiger partial charge in [-0.1, -0.05) is 0 Å². The third-order valence-electron chi connectivity index (χ3n) is 2.75. The molecular formula is C12H15N3O3S. The van der Waals surface area contributed by atoms with E-state index < -0.39 is 5.97 Å². The largest absolute Gasteiger partial charge is 0.478 e. The first-order chi connectivity index (χ1) is 9.16. The molecule has 1 atom stereocenters. The van der Waals surface area contributed by atoms with Gasteiger partial charge in [-0.15, -0.1) is 0 Å². The van der Waals surface area contributed by atoms with Crippen LogP contribution in [-0.2, 0) is 11.3 Å². The van der Waals surface area contributed by atoms with Crippen molar-refractivity contribution in [1.82, 2.24) is 15.6 Å². The summed E-state index contributed by atoms with van der Waals surface area (Å²) in [5, 5.41) is 14.8. The van der Waals surface area contributed by atoms with E-state index in [-0.39, 0.29) is 24.1 Å². The summed E-state index contributed by atoms with van der Waals surface area (Å²) in [6, 6.07) is 2.71. The summed E-state index contributed by atoms with van der Waals surface area (Å²) in [6.45, 7) is 1.07. The van der Waals surface area contributed by atoms with Crippen LogP contribution in [0.2, 0.25) is 0 Å². The summed E-state index contributed by atoms with van der Waals surface area (Å²) >= 11 is 1.74. The summed E-state index contributed by atoms with van der Waals surface area (Å²) in [7, 11) is 0. The molecule has 2 rings (SSSR count). The third-order valence-corrected chi connectivity index (χ3v) is 3.81. The molecule has 1 aromatic heterocycles. The Morgan fingerprint density at radius 3 is 3.11 bits per heavy atom. The highest BCUT2D eigenvalue weighted by atomic mass is 32.2. The molecule has 1 aliphatic rings. The van der Waals surface area contributed by atoms with Crippen molar-refractivity contribution in [2.24, 2.45) is 0 Å². The van der Waals surface area contributed by atoms with Crippen molar-refractivity contribution in [2.45, 2.75) is 12.6 Å². The summed E-state index contributed by atoms with van der Waals surface area (Å²) in [5.74, 6) is 0.704. The fourth-order valence-electron chi connectivity index (χ4n) is 1.74. The molecule has 1 aliphatic heterocycles. The van der Waals surface area contributed by atoms with Gasteiger partial charge in [0, 0.05) is 24.2 Å². The average molecular weight is 281 g/mol. The molecule has 6 nitrogen and oxygen atoms in total. The number of nitrogens with one attached hydrogen (secondary N) is 2. The maximum absolute atomic E-state index is 11.9. The maximum atomic E-state index is 11.9. The Hall–Kier alpha value is -1.60. The van der Waals surface area contributed by atoms with Gasteiger partial charge < -0.3 is 15.7 Å². The Morgan fingerprint density at radius 1 is 1.58 bits per heavy atom. The number of carbonyl (C=O) groups is 2. The molecule has 0 saturated carbocycles. The minimum absolute atomic E-state index is 0.0743. The lowest BCUT2D eigenvalue weighted by Crippen LogP contribution is -2.48. The Kier molecular flexibility index (Phi) is 4.75. The first-order valence-electron chi connectivity index (χ1n) is 5.94. The number of nitrogens with zero attached hydrogens (tertiary/aromatic N) is 1. The zero-order valence-corrected chi connectivity index (χ0v) is 11.1. The second kappa shape index (κ2) is 6.53. The van der Waals surface area contributed by atoms with Crippen LogP contribution in [-0.4, -0.2) is 46.1 Å². The van der Waals surface area contributed by atoms with Crippen molar-refractivity contribution in [3.8, 4) is 0 Å². The molecule has 1 amide bonds. The smallest absolute Gasteiger partial charge is 0.335 e. The monoisotopic (exact) mass is 281 g/mol. The van der Waals surface area contributed by atoms with E-state index in [0.717, 1.165) is 18.1 Å². The summed E-state index contributed by atoms with van der Waals surface area (Å²) in [4.78, 5) is 26.7. The van der Waals surface area contributed by atoms with Gasteiger partial charge in [-0.3, -0.25) is 9.78 Å². The van der Waals surface area contributed by atoms with Crippen molar-refractivity contribution in [3.63, 3.8) is 0 Å². The molecule has 0 aliphatic carbocycles. The number of pyridine rings is 1. The van der Waals surface area contributed by atoms with Gasteiger partial charge in [0.1, 0.15) is 0 Å². The quantitative estimate of drug-likeness (QED) is 0.725. The molecule has 0 aromatic carbocycles. The second-order valence-electron chi connectivity index (χ2n) is 4.14. The highest BCUT2D eigenvalue weighted by Gasteiger charge is 2.20. The maximum Gasteiger partial charge on any atom is 0.335 e. The lowest BCUT2D eigenvalue weighted by molar-refractivity contribution is -0.122. The van der Waals surface area contributed by atoms with Crippen LogP contribution in [0.25, 0.3) is 0 Å². The van der Waals surface area contributed by atoms with Gasteiger partial charge in [-0.2, -0.15) is 11.8 Å². The molecule has 0 radical (unpaired) electrons. The number of carboxylic acid groups (broad SMARTS) is 1. The average Bonchev–Trinajstić information content (AvgIpc) is 2.46. The number of aromatic carboxylic acids is 1. The van der Waals surface area contributed by atoms with E-state index in [1.54, 1.807) is 11.8 Å². The van der Waals surface area contributed by atoms with Crippen LogP contribution in [0, 0.1) is 0 Å². The van der Waals surface area contributed by atoms with Crippen LogP contribution < -0.4 is 10.6 Å². The molecule has 1 fully saturated rings. The lowest BCUT2D eigenvalue weighted by Gasteiger charge is -2.22. The molecular weight excluding hydrogens is 266 g/mol. The van der Waals surface area contributed by atoms with E-state index in [9.17, 15) is 9.59 Å². The number of thioether (sulfide) groups is 1.